The van der Waals surface area contributed by atoms with E-state index < -0.39 is 0 Å². The summed E-state index contributed by atoms with van der Waals surface area (Å²) in [4.78, 5) is 8.76. The number of aryl methyl sites for hydroxylation is 1. The standard InChI is InChI=1S/C22H25ClN4O2/c1-29-19-9-3-6-17(14-19)10-11-24-21-20(23)15-25-22(27-21)26-18-8-2-5-16(13-18)7-4-12-28/h2-3,5-6,8-9,13-15,28H,4,7,10-12H2,1H3,(H2,24,25,26,27). The van der Waals surface area contributed by atoms with Gasteiger partial charge in [0.25, 0.3) is 0 Å². The summed E-state index contributed by atoms with van der Waals surface area (Å²) in [7, 11) is 1.66. The molecule has 2 aromatic carbocycles. The van der Waals surface area contributed by atoms with Crippen molar-refractivity contribution in [3.05, 3.63) is 70.9 Å². The van der Waals surface area contributed by atoms with Crippen molar-refractivity contribution in [3.63, 3.8) is 0 Å². The van der Waals surface area contributed by atoms with Gasteiger partial charge in [-0.05, 0) is 54.7 Å². The Labute approximate surface area is 175 Å². The highest BCUT2D eigenvalue weighted by molar-refractivity contribution is 6.32. The quantitative estimate of drug-likeness (QED) is 0.456. The van der Waals surface area contributed by atoms with E-state index in [2.05, 4.69) is 26.7 Å². The van der Waals surface area contributed by atoms with Crippen molar-refractivity contribution in [2.75, 3.05) is 30.9 Å². The second-order valence-corrected chi connectivity index (χ2v) is 6.98. The van der Waals surface area contributed by atoms with E-state index in [4.69, 9.17) is 21.4 Å². The molecule has 0 radical (unpaired) electrons. The third-order valence-corrected chi connectivity index (χ3v) is 4.67. The lowest BCUT2D eigenvalue weighted by Crippen LogP contribution is -2.08. The molecule has 0 spiro atoms. The number of methoxy groups -OCH3 is 1. The van der Waals surface area contributed by atoms with Gasteiger partial charge in [0.1, 0.15) is 10.8 Å². The summed E-state index contributed by atoms with van der Waals surface area (Å²) >= 11 is 6.25. The van der Waals surface area contributed by atoms with Crippen LogP contribution in [0.25, 0.3) is 0 Å². The van der Waals surface area contributed by atoms with E-state index in [1.54, 1.807) is 13.3 Å². The highest BCUT2D eigenvalue weighted by atomic mass is 35.5. The van der Waals surface area contributed by atoms with Crippen LogP contribution in [0.4, 0.5) is 17.5 Å². The number of hydrogen-bond donors (Lipinski definition) is 3. The summed E-state index contributed by atoms with van der Waals surface area (Å²) in [6.07, 6.45) is 3.96. The second kappa shape index (κ2) is 10.6. The summed E-state index contributed by atoms with van der Waals surface area (Å²) in [5, 5.41) is 16.0. The Kier molecular flexibility index (Phi) is 7.67. The van der Waals surface area contributed by atoms with E-state index in [1.165, 1.54) is 5.56 Å². The van der Waals surface area contributed by atoms with Crippen LogP contribution in [0.2, 0.25) is 5.02 Å². The molecule has 1 aromatic heterocycles. The van der Waals surface area contributed by atoms with E-state index in [0.29, 0.717) is 23.3 Å². The fourth-order valence-electron chi connectivity index (χ4n) is 2.92. The van der Waals surface area contributed by atoms with Crippen molar-refractivity contribution in [1.29, 1.82) is 0 Å². The lowest BCUT2D eigenvalue weighted by molar-refractivity contribution is 0.288. The predicted octanol–water partition coefficient (Wildman–Crippen LogP) is 4.46. The monoisotopic (exact) mass is 412 g/mol. The minimum atomic E-state index is 0.183. The number of ether oxygens (including phenoxy) is 1. The van der Waals surface area contributed by atoms with Gasteiger partial charge in [-0.1, -0.05) is 35.9 Å². The van der Waals surface area contributed by atoms with E-state index >= 15 is 0 Å². The van der Waals surface area contributed by atoms with Crippen LogP contribution in [0, 0.1) is 0 Å². The molecule has 0 amide bonds. The van der Waals surface area contributed by atoms with Gasteiger partial charge in [-0.15, -0.1) is 0 Å². The van der Waals surface area contributed by atoms with E-state index in [0.717, 1.165) is 36.3 Å². The molecule has 29 heavy (non-hydrogen) atoms. The van der Waals surface area contributed by atoms with Crippen LogP contribution in [-0.4, -0.2) is 35.3 Å². The predicted molar refractivity (Wildman–Crippen MR) is 117 cm³/mol. The second-order valence-electron chi connectivity index (χ2n) is 6.57. The van der Waals surface area contributed by atoms with Crippen LogP contribution in [0.5, 0.6) is 5.75 Å². The summed E-state index contributed by atoms with van der Waals surface area (Å²) in [5.74, 6) is 1.90. The molecular formula is C22H25ClN4O2. The van der Waals surface area contributed by atoms with Gasteiger partial charge in [0.15, 0.2) is 5.82 Å². The Morgan fingerprint density at radius 1 is 1.07 bits per heavy atom. The molecular weight excluding hydrogens is 388 g/mol. The zero-order chi connectivity index (χ0) is 20.5. The lowest BCUT2D eigenvalue weighted by Gasteiger charge is -2.11. The highest BCUT2D eigenvalue weighted by Crippen LogP contribution is 2.22. The topological polar surface area (TPSA) is 79.3 Å². The summed E-state index contributed by atoms with van der Waals surface area (Å²) < 4.78 is 5.26. The van der Waals surface area contributed by atoms with Gasteiger partial charge in [0, 0.05) is 18.8 Å². The van der Waals surface area contributed by atoms with Crippen molar-refractivity contribution < 1.29 is 9.84 Å². The smallest absolute Gasteiger partial charge is 0.229 e. The zero-order valence-corrected chi connectivity index (χ0v) is 17.1. The number of aliphatic hydroxyl groups excluding tert-OH is 1. The molecule has 0 unspecified atom stereocenters. The average molecular weight is 413 g/mol. The van der Waals surface area contributed by atoms with E-state index in [9.17, 15) is 0 Å². The van der Waals surface area contributed by atoms with Gasteiger partial charge in [0.05, 0.1) is 13.3 Å². The molecule has 6 nitrogen and oxygen atoms in total. The van der Waals surface area contributed by atoms with Crippen molar-refractivity contribution in [3.8, 4) is 5.75 Å². The van der Waals surface area contributed by atoms with Gasteiger partial charge in [0.2, 0.25) is 5.95 Å². The molecule has 0 bridgehead atoms. The fraction of sp³-hybridized carbons (Fsp3) is 0.273. The Morgan fingerprint density at radius 3 is 2.66 bits per heavy atom. The number of nitrogens with one attached hydrogen (secondary N) is 2. The number of rotatable bonds is 10. The average Bonchev–Trinajstić information content (AvgIpc) is 2.75. The molecule has 3 N–H and O–H groups in total. The van der Waals surface area contributed by atoms with Gasteiger partial charge in [-0.2, -0.15) is 4.98 Å². The van der Waals surface area contributed by atoms with Gasteiger partial charge in [-0.3, -0.25) is 0 Å². The molecule has 0 saturated heterocycles. The Bertz CT molecular complexity index is 936. The van der Waals surface area contributed by atoms with Crippen molar-refractivity contribution in [2.45, 2.75) is 19.3 Å². The molecule has 0 aliphatic carbocycles. The van der Waals surface area contributed by atoms with Crippen LogP contribution >= 0.6 is 11.6 Å². The normalized spacial score (nSPS) is 10.6. The van der Waals surface area contributed by atoms with Gasteiger partial charge < -0.3 is 20.5 Å². The summed E-state index contributed by atoms with van der Waals surface area (Å²) in [6.45, 7) is 0.864. The maximum Gasteiger partial charge on any atom is 0.229 e. The first-order valence-corrected chi connectivity index (χ1v) is 9.92. The van der Waals surface area contributed by atoms with Crippen LogP contribution in [0.1, 0.15) is 17.5 Å². The van der Waals surface area contributed by atoms with Crippen molar-refractivity contribution >= 4 is 29.1 Å². The molecule has 3 rings (SSSR count). The molecule has 0 aliphatic heterocycles. The molecule has 0 aliphatic rings. The SMILES string of the molecule is COc1cccc(CCNc2nc(Nc3cccc(CCCO)c3)ncc2Cl)c1. The first kappa shape index (κ1) is 20.9. The largest absolute Gasteiger partial charge is 0.497 e. The molecule has 0 atom stereocenters. The number of benzene rings is 2. The molecule has 0 saturated carbocycles. The Balaban J connectivity index is 1.62. The maximum atomic E-state index is 9.00. The van der Waals surface area contributed by atoms with Crippen LogP contribution < -0.4 is 15.4 Å². The Morgan fingerprint density at radius 2 is 1.86 bits per heavy atom. The first-order valence-electron chi connectivity index (χ1n) is 9.54. The highest BCUT2D eigenvalue weighted by Gasteiger charge is 2.07. The summed E-state index contributed by atoms with van der Waals surface area (Å²) in [5.41, 5.74) is 3.21. The molecule has 152 valence electrons. The molecule has 0 fully saturated rings. The van der Waals surface area contributed by atoms with Crippen molar-refractivity contribution in [1.82, 2.24) is 9.97 Å². The minimum absolute atomic E-state index is 0.183. The first-order chi connectivity index (χ1) is 14.2. The third kappa shape index (κ3) is 6.34. The van der Waals surface area contributed by atoms with Gasteiger partial charge >= 0.3 is 0 Å². The summed E-state index contributed by atoms with van der Waals surface area (Å²) in [6, 6.07) is 16.0. The number of aliphatic hydroxyl groups is 1. The molecule has 1 heterocycles. The minimum Gasteiger partial charge on any atom is -0.497 e. The molecule has 3 aromatic rings. The lowest BCUT2D eigenvalue weighted by atomic mass is 10.1. The van der Waals surface area contributed by atoms with E-state index in [-0.39, 0.29) is 6.61 Å². The number of halogens is 1. The number of anilines is 3. The Hall–Kier alpha value is -2.83. The zero-order valence-electron chi connectivity index (χ0n) is 16.4. The van der Waals surface area contributed by atoms with Crippen molar-refractivity contribution in [2.24, 2.45) is 0 Å². The maximum absolute atomic E-state index is 9.00. The van der Waals surface area contributed by atoms with Gasteiger partial charge in [-0.25, -0.2) is 4.98 Å². The van der Waals surface area contributed by atoms with Crippen LogP contribution in [-0.2, 0) is 12.8 Å². The number of hydrogen-bond acceptors (Lipinski definition) is 6. The molecule has 7 heteroatoms. The number of nitrogens with zero attached hydrogens (tertiary/aromatic N) is 2. The third-order valence-electron chi connectivity index (χ3n) is 4.39. The number of aromatic nitrogens is 2. The fourth-order valence-corrected chi connectivity index (χ4v) is 3.08. The van der Waals surface area contributed by atoms with E-state index in [1.807, 2.05) is 42.5 Å². The van der Waals surface area contributed by atoms with Crippen LogP contribution in [0.3, 0.4) is 0 Å². The van der Waals surface area contributed by atoms with Crippen LogP contribution in [0.15, 0.2) is 54.7 Å².